The van der Waals surface area contributed by atoms with Crippen LogP contribution in [0, 0.1) is 5.92 Å². The lowest BCUT2D eigenvalue weighted by Crippen LogP contribution is -2.35. The van der Waals surface area contributed by atoms with Crippen molar-refractivity contribution < 1.29 is 9.47 Å². The second-order valence-corrected chi connectivity index (χ2v) is 5.89. The van der Waals surface area contributed by atoms with Crippen LogP contribution in [0.15, 0.2) is 18.2 Å². The highest BCUT2D eigenvalue weighted by molar-refractivity contribution is 5.42. The predicted octanol–water partition coefficient (Wildman–Crippen LogP) is 2.53. The molecule has 21 heavy (non-hydrogen) atoms. The van der Waals surface area contributed by atoms with Gasteiger partial charge in [0.15, 0.2) is 11.5 Å². The molecule has 1 saturated heterocycles. The summed E-state index contributed by atoms with van der Waals surface area (Å²) in [6.45, 7) is 7.28. The Morgan fingerprint density at radius 2 is 2.00 bits per heavy atom. The van der Waals surface area contributed by atoms with E-state index in [4.69, 9.17) is 9.47 Å². The molecule has 2 rings (SSSR count). The highest BCUT2D eigenvalue weighted by Crippen LogP contribution is 2.28. The van der Waals surface area contributed by atoms with E-state index in [1.165, 1.54) is 31.5 Å². The normalized spacial score (nSPS) is 16.9. The van der Waals surface area contributed by atoms with Crippen molar-refractivity contribution in [1.29, 1.82) is 0 Å². The Kier molecular flexibility index (Phi) is 6.33. The number of ether oxygens (including phenoxy) is 2. The summed E-state index contributed by atoms with van der Waals surface area (Å²) in [5, 5.41) is 3.14. The number of hydrogen-bond acceptors (Lipinski definition) is 4. The number of nitrogens with zero attached hydrogens (tertiary/aromatic N) is 1. The summed E-state index contributed by atoms with van der Waals surface area (Å²) < 4.78 is 11.3. The van der Waals surface area contributed by atoms with Gasteiger partial charge in [0.25, 0.3) is 0 Å². The van der Waals surface area contributed by atoms with E-state index >= 15 is 0 Å². The summed E-state index contributed by atoms with van der Waals surface area (Å²) >= 11 is 0. The maximum atomic E-state index is 5.90. The van der Waals surface area contributed by atoms with Crippen LogP contribution in [-0.4, -0.2) is 45.3 Å². The molecule has 1 heterocycles. The fourth-order valence-corrected chi connectivity index (χ4v) is 2.72. The molecule has 4 heteroatoms. The van der Waals surface area contributed by atoms with E-state index in [-0.39, 0.29) is 0 Å². The molecular weight excluding hydrogens is 264 g/mol. The van der Waals surface area contributed by atoms with Gasteiger partial charge in [-0.3, -0.25) is 4.90 Å². The third-order valence-corrected chi connectivity index (χ3v) is 4.15. The van der Waals surface area contributed by atoms with Crippen LogP contribution in [0.2, 0.25) is 0 Å². The number of rotatable bonds is 7. The van der Waals surface area contributed by atoms with Gasteiger partial charge >= 0.3 is 0 Å². The lowest BCUT2D eigenvalue weighted by atomic mass is 9.99. The van der Waals surface area contributed by atoms with Crippen molar-refractivity contribution in [2.75, 3.05) is 40.4 Å². The summed E-state index contributed by atoms with van der Waals surface area (Å²) in [4.78, 5) is 2.49. The molecule has 1 aromatic carbocycles. The molecule has 1 fully saturated rings. The van der Waals surface area contributed by atoms with Gasteiger partial charge in [-0.2, -0.15) is 0 Å². The molecule has 0 bridgehead atoms. The van der Waals surface area contributed by atoms with Crippen molar-refractivity contribution in [3.8, 4) is 11.5 Å². The molecule has 1 aromatic rings. The third-order valence-electron chi connectivity index (χ3n) is 4.15. The highest BCUT2D eigenvalue weighted by atomic mass is 16.5. The maximum Gasteiger partial charge on any atom is 0.161 e. The molecule has 0 atom stereocenters. The standard InChI is InChI=1S/C17H28N2O2/c1-14-6-8-19(9-7-14)10-11-21-16-5-4-15(13-18-2)12-17(16)20-3/h4-5,12,14,18H,6-11,13H2,1-3H3. The Labute approximate surface area is 128 Å². The fourth-order valence-electron chi connectivity index (χ4n) is 2.72. The van der Waals surface area contributed by atoms with Gasteiger partial charge in [0.05, 0.1) is 7.11 Å². The van der Waals surface area contributed by atoms with Gasteiger partial charge in [-0.15, -0.1) is 0 Å². The Morgan fingerprint density at radius 3 is 2.67 bits per heavy atom. The molecule has 1 aliphatic rings. The SMILES string of the molecule is CNCc1ccc(OCCN2CCC(C)CC2)c(OC)c1. The summed E-state index contributed by atoms with van der Waals surface area (Å²) in [7, 11) is 3.63. The van der Waals surface area contributed by atoms with E-state index in [9.17, 15) is 0 Å². The second kappa shape index (κ2) is 8.25. The van der Waals surface area contributed by atoms with E-state index in [0.29, 0.717) is 0 Å². The lowest BCUT2D eigenvalue weighted by Gasteiger charge is -2.30. The summed E-state index contributed by atoms with van der Waals surface area (Å²) in [6.07, 6.45) is 2.62. The molecule has 0 aromatic heterocycles. The average molecular weight is 292 g/mol. The van der Waals surface area contributed by atoms with Crippen LogP contribution < -0.4 is 14.8 Å². The quantitative estimate of drug-likeness (QED) is 0.837. The van der Waals surface area contributed by atoms with E-state index < -0.39 is 0 Å². The minimum Gasteiger partial charge on any atom is -0.493 e. The average Bonchev–Trinajstić information content (AvgIpc) is 2.50. The monoisotopic (exact) mass is 292 g/mol. The number of methoxy groups -OCH3 is 1. The first-order chi connectivity index (χ1) is 10.2. The van der Waals surface area contributed by atoms with Crippen molar-refractivity contribution >= 4 is 0 Å². The topological polar surface area (TPSA) is 33.7 Å². The zero-order chi connectivity index (χ0) is 15.1. The van der Waals surface area contributed by atoms with Gasteiger partial charge in [0.1, 0.15) is 6.61 Å². The van der Waals surface area contributed by atoms with Crippen LogP contribution >= 0.6 is 0 Å². The lowest BCUT2D eigenvalue weighted by molar-refractivity contribution is 0.158. The van der Waals surface area contributed by atoms with Gasteiger partial charge < -0.3 is 14.8 Å². The van der Waals surface area contributed by atoms with Crippen LogP contribution in [0.3, 0.4) is 0 Å². The molecule has 1 N–H and O–H groups in total. The van der Waals surface area contributed by atoms with Crippen LogP contribution in [0.25, 0.3) is 0 Å². The Morgan fingerprint density at radius 1 is 1.24 bits per heavy atom. The Balaban J connectivity index is 1.82. The van der Waals surface area contributed by atoms with Crippen molar-refractivity contribution in [2.24, 2.45) is 5.92 Å². The van der Waals surface area contributed by atoms with Gasteiger partial charge in [-0.25, -0.2) is 0 Å². The smallest absolute Gasteiger partial charge is 0.161 e. The number of likely N-dealkylation sites (tertiary alicyclic amines) is 1. The minimum absolute atomic E-state index is 0.718. The number of hydrogen-bond donors (Lipinski definition) is 1. The second-order valence-electron chi connectivity index (χ2n) is 5.89. The van der Waals surface area contributed by atoms with Crippen LogP contribution in [0.4, 0.5) is 0 Å². The van der Waals surface area contributed by atoms with E-state index in [1.807, 2.05) is 19.2 Å². The van der Waals surface area contributed by atoms with E-state index in [0.717, 1.165) is 37.1 Å². The first-order valence-corrected chi connectivity index (χ1v) is 7.89. The molecule has 0 spiro atoms. The molecular formula is C17H28N2O2. The number of benzene rings is 1. The first kappa shape index (κ1) is 16.1. The van der Waals surface area contributed by atoms with Gasteiger partial charge in [-0.1, -0.05) is 13.0 Å². The van der Waals surface area contributed by atoms with E-state index in [2.05, 4.69) is 23.2 Å². The zero-order valence-electron chi connectivity index (χ0n) is 13.5. The van der Waals surface area contributed by atoms with Crippen LogP contribution in [-0.2, 0) is 6.54 Å². The van der Waals surface area contributed by atoms with Crippen molar-refractivity contribution in [2.45, 2.75) is 26.3 Å². The fraction of sp³-hybridized carbons (Fsp3) is 0.647. The Bertz CT molecular complexity index is 429. The molecule has 0 aliphatic carbocycles. The summed E-state index contributed by atoms with van der Waals surface area (Å²) in [6, 6.07) is 6.12. The highest BCUT2D eigenvalue weighted by Gasteiger charge is 2.15. The summed E-state index contributed by atoms with van der Waals surface area (Å²) in [5.74, 6) is 2.53. The molecule has 0 unspecified atom stereocenters. The van der Waals surface area contributed by atoms with Gasteiger partial charge in [0.2, 0.25) is 0 Å². The van der Waals surface area contributed by atoms with Gasteiger partial charge in [0, 0.05) is 13.1 Å². The number of piperidine rings is 1. The summed E-state index contributed by atoms with van der Waals surface area (Å²) in [5.41, 5.74) is 1.20. The first-order valence-electron chi connectivity index (χ1n) is 7.89. The van der Waals surface area contributed by atoms with Crippen molar-refractivity contribution in [3.05, 3.63) is 23.8 Å². The maximum absolute atomic E-state index is 5.90. The third kappa shape index (κ3) is 4.90. The van der Waals surface area contributed by atoms with Crippen LogP contribution in [0.5, 0.6) is 11.5 Å². The Hall–Kier alpha value is -1.26. The van der Waals surface area contributed by atoms with Crippen molar-refractivity contribution in [1.82, 2.24) is 10.2 Å². The van der Waals surface area contributed by atoms with Crippen molar-refractivity contribution in [3.63, 3.8) is 0 Å². The minimum atomic E-state index is 0.718. The molecule has 118 valence electrons. The predicted molar refractivity (Wildman–Crippen MR) is 86.1 cm³/mol. The largest absolute Gasteiger partial charge is 0.493 e. The number of nitrogens with one attached hydrogen (secondary N) is 1. The van der Waals surface area contributed by atoms with E-state index in [1.54, 1.807) is 7.11 Å². The molecule has 0 radical (unpaired) electrons. The molecule has 1 aliphatic heterocycles. The van der Waals surface area contributed by atoms with Crippen LogP contribution in [0.1, 0.15) is 25.3 Å². The molecule has 4 nitrogen and oxygen atoms in total. The van der Waals surface area contributed by atoms with Gasteiger partial charge in [-0.05, 0) is 56.6 Å². The molecule has 0 saturated carbocycles. The molecule has 0 amide bonds. The zero-order valence-corrected chi connectivity index (χ0v) is 13.5.